The summed E-state index contributed by atoms with van der Waals surface area (Å²) in [4.78, 5) is 12.2. The summed E-state index contributed by atoms with van der Waals surface area (Å²) in [7, 11) is 0. The standard InChI is InChI=1S/C17H23N5O2/c1-13(24-15-10-6-3-7-11-15)17(23)18-12-16-19-20-21-22(16)14-8-4-2-5-9-14/h3,6-7,10-11,13-14H,2,4-5,8-9,12H2,1H3,(H,18,23)/t13-/m0/s1. The van der Waals surface area contributed by atoms with E-state index in [1.54, 1.807) is 6.92 Å². The number of carbonyl (C=O) groups excluding carboxylic acids is 1. The first-order valence-corrected chi connectivity index (χ1v) is 8.50. The van der Waals surface area contributed by atoms with Crippen molar-refractivity contribution in [3.63, 3.8) is 0 Å². The summed E-state index contributed by atoms with van der Waals surface area (Å²) in [6.07, 6.45) is 5.31. The van der Waals surface area contributed by atoms with Crippen molar-refractivity contribution in [2.45, 2.75) is 57.7 Å². The Labute approximate surface area is 141 Å². The Morgan fingerprint density at radius 1 is 1.29 bits per heavy atom. The topological polar surface area (TPSA) is 81.9 Å². The number of amides is 1. The van der Waals surface area contributed by atoms with Crippen LogP contribution in [0.4, 0.5) is 0 Å². The molecule has 24 heavy (non-hydrogen) atoms. The number of hydrogen-bond donors (Lipinski definition) is 1. The number of ether oxygens (including phenoxy) is 1. The molecule has 0 radical (unpaired) electrons. The molecule has 128 valence electrons. The summed E-state index contributed by atoms with van der Waals surface area (Å²) in [5.41, 5.74) is 0. The highest BCUT2D eigenvalue weighted by Gasteiger charge is 2.21. The maximum Gasteiger partial charge on any atom is 0.261 e. The highest BCUT2D eigenvalue weighted by Crippen LogP contribution is 2.27. The van der Waals surface area contributed by atoms with Crippen LogP contribution in [0.25, 0.3) is 0 Å². The summed E-state index contributed by atoms with van der Waals surface area (Å²) in [6, 6.07) is 9.65. The summed E-state index contributed by atoms with van der Waals surface area (Å²) in [5, 5.41) is 14.8. The molecule has 1 N–H and O–H groups in total. The van der Waals surface area contributed by atoms with Crippen LogP contribution in [-0.2, 0) is 11.3 Å². The predicted molar refractivity (Wildman–Crippen MR) is 88.3 cm³/mol. The maximum atomic E-state index is 12.2. The molecular formula is C17H23N5O2. The van der Waals surface area contributed by atoms with Gasteiger partial charge in [-0.05, 0) is 42.3 Å². The van der Waals surface area contributed by atoms with Crippen molar-refractivity contribution < 1.29 is 9.53 Å². The third-order valence-electron chi connectivity index (χ3n) is 4.33. The van der Waals surface area contributed by atoms with E-state index in [1.807, 2.05) is 35.0 Å². The quantitative estimate of drug-likeness (QED) is 0.879. The first-order chi connectivity index (χ1) is 11.7. The Kier molecular flexibility index (Phi) is 5.40. The fourth-order valence-electron chi connectivity index (χ4n) is 3.00. The van der Waals surface area contributed by atoms with E-state index in [2.05, 4.69) is 20.8 Å². The Bertz CT molecular complexity index is 652. The average Bonchev–Trinajstić information content (AvgIpc) is 3.10. The molecule has 0 unspecified atom stereocenters. The normalized spacial score (nSPS) is 16.5. The van der Waals surface area contributed by atoms with Gasteiger partial charge in [0.15, 0.2) is 11.9 Å². The van der Waals surface area contributed by atoms with Gasteiger partial charge in [-0.15, -0.1) is 5.10 Å². The third kappa shape index (κ3) is 4.10. The lowest BCUT2D eigenvalue weighted by Crippen LogP contribution is -2.36. The minimum absolute atomic E-state index is 0.183. The summed E-state index contributed by atoms with van der Waals surface area (Å²) < 4.78 is 7.49. The molecule has 1 atom stereocenters. The van der Waals surface area contributed by atoms with Crippen molar-refractivity contribution in [3.8, 4) is 5.75 Å². The van der Waals surface area contributed by atoms with E-state index in [1.165, 1.54) is 19.3 Å². The van der Waals surface area contributed by atoms with E-state index in [-0.39, 0.29) is 5.91 Å². The zero-order chi connectivity index (χ0) is 16.8. The molecular weight excluding hydrogens is 306 g/mol. The smallest absolute Gasteiger partial charge is 0.261 e. The molecule has 0 saturated heterocycles. The number of carbonyl (C=O) groups is 1. The van der Waals surface area contributed by atoms with Gasteiger partial charge in [-0.25, -0.2) is 4.68 Å². The monoisotopic (exact) mass is 329 g/mol. The molecule has 3 rings (SSSR count). The van der Waals surface area contributed by atoms with Crippen LogP contribution >= 0.6 is 0 Å². The van der Waals surface area contributed by atoms with Gasteiger partial charge in [-0.2, -0.15) is 0 Å². The van der Waals surface area contributed by atoms with Crippen LogP contribution in [0.15, 0.2) is 30.3 Å². The van der Waals surface area contributed by atoms with Crippen molar-refractivity contribution in [1.82, 2.24) is 25.5 Å². The first-order valence-electron chi connectivity index (χ1n) is 8.50. The Morgan fingerprint density at radius 2 is 2.04 bits per heavy atom. The van der Waals surface area contributed by atoms with Crippen LogP contribution in [0.2, 0.25) is 0 Å². The van der Waals surface area contributed by atoms with Gasteiger partial charge in [0, 0.05) is 0 Å². The van der Waals surface area contributed by atoms with Crippen molar-refractivity contribution in [1.29, 1.82) is 0 Å². The molecule has 2 aromatic rings. The second-order valence-electron chi connectivity index (χ2n) is 6.12. The lowest BCUT2D eigenvalue weighted by atomic mass is 9.95. The Morgan fingerprint density at radius 3 is 2.79 bits per heavy atom. The molecule has 1 aromatic carbocycles. The summed E-state index contributed by atoms with van der Waals surface area (Å²) in [5.74, 6) is 1.19. The fraction of sp³-hybridized carbons (Fsp3) is 0.529. The van der Waals surface area contributed by atoms with Crippen molar-refractivity contribution >= 4 is 5.91 Å². The number of aromatic nitrogens is 4. The molecule has 7 heteroatoms. The van der Waals surface area contributed by atoms with E-state index in [0.29, 0.717) is 24.2 Å². The first kappa shape index (κ1) is 16.4. The Hall–Kier alpha value is -2.44. The van der Waals surface area contributed by atoms with Crippen molar-refractivity contribution in [2.75, 3.05) is 0 Å². The maximum absolute atomic E-state index is 12.2. The highest BCUT2D eigenvalue weighted by atomic mass is 16.5. The van der Waals surface area contributed by atoms with Gasteiger partial charge in [-0.1, -0.05) is 37.5 Å². The lowest BCUT2D eigenvalue weighted by molar-refractivity contribution is -0.127. The second kappa shape index (κ2) is 7.90. The molecule has 1 amide bonds. The van der Waals surface area contributed by atoms with Gasteiger partial charge in [0.05, 0.1) is 12.6 Å². The van der Waals surface area contributed by atoms with Crippen LogP contribution < -0.4 is 10.1 Å². The SMILES string of the molecule is C[C@H](Oc1ccccc1)C(=O)NCc1nnnn1C1CCCCC1. The van der Waals surface area contributed by atoms with E-state index in [0.717, 1.165) is 12.8 Å². The molecule has 1 fully saturated rings. The number of para-hydroxylation sites is 1. The van der Waals surface area contributed by atoms with Gasteiger partial charge >= 0.3 is 0 Å². The van der Waals surface area contributed by atoms with Crippen molar-refractivity contribution in [2.24, 2.45) is 0 Å². The van der Waals surface area contributed by atoms with E-state index >= 15 is 0 Å². The predicted octanol–water partition coefficient (Wildman–Crippen LogP) is 2.26. The van der Waals surface area contributed by atoms with Crippen molar-refractivity contribution in [3.05, 3.63) is 36.2 Å². The minimum Gasteiger partial charge on any atom is -0.481 e. The van der Waals surface area contributed by atoms with Crippen LogP contribution in [-0.4, -0.2) is 32.2 Å². The minimum atomic E-state index is -0.577. The number of nitrogens with one attached hydrogen (secondary N) is 1. The molecule has 7 nitrogen and oxygen atoms in total. The van der Waals surface area contributed by atoms with Crippen LogP contribution in [0, 0.1) is 0 Å². The van der Waals surface area contributed by atoms with Crippen LogP contribution in [0.1, 0.15) is 50.9 Å². The second-order valence-corrected chi connectivity index (χ2v) is 6.12. The summed E-state index contributed by atoms with van der Waals surface area (Å²) >= 11 is 0. The number of benzene rings is 1. The van der Waals surface area contributed by atoms with E-state index in [9.17, 15) is 4.79 Å². The zero-order valence-corrected chi connectivity index (χ0v) is 13.9. The fourth-order valence-corrected chi connectivity index (χ4v) is 3.00. The van der Waals surface area contributed by atoms with Crippen LogP contribution in [0.5, 0.6) is 5.75 Å². The van der Waals surface area contributed by atoms with Crippen LogP contribution in [0.3, 0.4) is 0 Å². The lowest BCUT2D eigenvalue weighted by Gasteiger charge is -2.22. The molecule has 1 aliphatic carbocycles. The number of tetrazole rings is 1. The average molecular weight is 329 g/mol. The number of hydrogen-bond acceptors (Lipinski definition) is 5. The van der Waals surface area contributed by atoms with E-state index < -0.39 is 6.10 Å². The largest absolute Gasteiger partial charge is 0.481 e. The molecule has 1 aromatic heterocycles. The molecule has 0 aliphatic heterocycles. The third-order valence-corrected chi connectivity index (χ3v) is 4.33. The Balaban J connectivity index is 1.54. The molecule has 1 aliphatic rings. The number of rotatable bonds is 6. The molecule has 0 spiro atoms. The van der Waals surface area contributed by atoms with Gasteiger partial charge in [-0.3, -0.25) is 4.79 Å². The molecule has 0 bridgehead atoms. The van der Waals surface area contributed by atoms with Gasteiger partial charge in [0.1, 0.15) is 5.75 Å². The molecule has 1 saturated carbocycles. The number of nitrogens with zero attached hydrogens (tertiary/aromatic N) is 4. The van der Waals surface area contributed by atoms with Gasteiger partial charge in [0.2, 0.25) is 0 Å². The highest BCUT2D eigenvalue weighted by molar-refractivity contribution is 5.80. The van der Waals surface area contributed by atoms with E-state index in [4.69, 9.17) is 4.74 Å². The zero-order valence-electron chi connectivity index (χ0n) is 13.9. The van der Waals surface area contributed by atoms with Gasteiger partial charge in [0.25, 0.3) is 5.91 Å². The summed E-state index contributed by atoms with van der Waals surface area (Å²) in [6.45, 7) is 2.04. The van der Waals surface area contributed by atoms with Gasteiger partial charge < -0.3 is 10.1 Å². The molecule has 1 heterocycles.